The highest BCUT2D eigenvalue weighted by Crippen LogP contribution is 2.42. The van der Waals surface area contributed by atoms with Gasteiger partial charge >= 0.3 is 0 Å². The van der Waals surface area contributed by atoms with Gasteiger partial charge in [0.1, 0.15) is 0 Å². The zero-order valence-electron chi connectivity index (χ0n) is 11.9. The third-order valence-electron chi connectivity index (χ3n) is 4.58. The molecule has 0 aliphatic heterocycles. The van der Waals surface area contributed by atoms with Crippen molar-refractivity contribution in [3.63, 3.8) is 0 Å². The molecule has 1 fully saturated rings. The highest BCUT2D eigenvalue weighted by Gasteiger charge is 2.33. The molecule has 1 heterocycles. The van der Waals surface area contributed by atoms with Crippen molar-refractivity contribution in [2.45, 2.75) is 45.6 Å². The first-order chi connectivity index (χ1) is 9.72. The Morgan fingerprint density at radius 2 is 2.10 bits per heavy atom. The molecule has 0 saturated heterocycles. The van der Waals surface area contributed by atoms with Crippen LogP contribution in [0.2, 0.25) is 0 Å². The predicted octanol–water partition coefficient (Wildman–Crippen LogP) is 2.89. The molecule has 1 aliphatic rings. The molecule has 1 aromatic carbocycles. The van der Waals surface area contributed by atoms with E-state index in [1.54, 1.807) is 0 Å². The normalized spacial score (nSPS) is 17.4. The number of aromatic nitrogens is 4. The minimum atomic E-state index is 0.366. The summed E-state index contributed by atoms with van der Waals surface area (Å²) in [7, 11) is 0. The summed E-state index contributed by atoms with van der Waals surface area (Å²) in [4.78, 5) is 0. The van der Waals surface area contributed by atoms with Crippen LogP contribution >= 0.6 is 0 Å². The van der Waals surface area contributed by atoms with Crippen LogP contribution < -0.4 is 5.73 Å². The summed E-state index contributed by atoms with van der Waals surface area (Å²) in [5.41, 5.74) is 7.94. The van der Waals surface area contributed by atoms with Crippen molar-refractivity contribution < 1.29 is 0 Å². The van der Waals surface area contributed by atoms with E-state index >= 15 is 0 Å². The number of rotatable bonds is 4. The molecule has 3 rings (SSSR count). The van der Waals surface area contributed by atoms with E-state index < -0.39 is 0 Å². The second-order valence-electron chi connectivity index (χ2n) is 5.85. The minimum Gasteiger partial charge on any atom is -0.399 e. The van der Waals surface area contributed by atoms with Crippen molar-refractivity contribution in [1.82, 2.24) is 20.2 Å². The van der Waals surface area contributed by atoms with Crippen molar-refractivity contribution in [2.75, 3.05) is 5.73 Å². The Labute approximate surface area is 119 Å². The van der Waals surface area contributed by atoms with Gasteiger partial charge in [-0.1, -0.05) is 31.9 Å². The van der Waals surface area contributed by atoms with Crippen LogP contribution in [0.15, 0.2) is 24.3 Å². The molecule has 0 radical (unpaired) electrons. The topological polar surface area (TPSA) is 69.6 Å². The summed E-state index contributed by atoms with van der Waals surface area (Å²) in [6, 6.07) is 7.75. The number of nitrogens with zero attached hydrogens (tertiary/aromatic N) is 4. The molecule has 106 valence electrons. The largest absolute Gasteiger partial charge is 0.399 e. The van der Waals surface area contributed by atoms with Crippen LogP contribution in [-0.2, 0) is 6.54 Å². The van der Waals surface area contributed by atoms with Crippen molar-refractivity contribution in [2.24, 2.45) is 5.41 Å². The maximum atomic E-state index is 5.85. The van der Waals surface area contributed by atoms with Crippen molar-refractivity contribution in [3.05, 3.63) is 24.3 Å². The van der Waals surface area contributed by atoms with Crippen LogP contribution in [0.1, 0.15) is 39.0 Å². The molecule has 0 unspecified atom stereocenters. The van der Waals surface area contributed by atoms with E-state index in [-0.39, 0.29) is 0 Å². The van der Waals surface area contributed by atoms with Crippen LogP contribution in [0, 0.1) is 5.41 Å². The van der Waals surface area contributed by atoms with Gasteiger partial charge in [-0.2, -0.15) is 0 Å². The zero-order valence-corrected chi connectivity index (χ0v) is 11.9. The van der Waals surface area contributed by atoms with Gasteiger partial charge in [0.25, 0.3) is 0 Å². The van der Waals surface area contributed by atoms with E-state index in [4.69, 9.17) is 5.73 Å². The van der Waals surface area contributed by atoms with E-state index in [2.05, 4.69) is 22.4 Å². The van der Waals surface area contributed by atoms with Gasteiger partial charge in [-0.3, -0.25) is 0 Å². The summed E-state index contributed by atoms with van der Waals surface area (Å²) in [5.74, 6) is 0.817. The number of nitrogen functional groups attached to an aromatic ring is 1. The number of anilines is 1. The molecule has 0 atom stereocenters. The summed E-state index contributed by atoms with van der Waals surface area (Å²) in [5, 5.41) is 12.2. The number of hydrogen-bond acceptors (Lipinski definition) is 4. The molecule has 5 nitrogen and oxygen atoms in total. The zero-order chi connectivity index (χ0) is 14.0. The first-order valence-corrected chi connectivity index (χ1v) is 7.34. The molecule has 0 bridgehead atoms. The third-order valence-corrected chi connectivity index (χ3v) is 4.58. The molecular formula is C15H21N5. The molecule has 1 saturated carbocycles. The van der Waals surface area contributed by atoms with Crippen LogP contribution in [0.4, 0.5) is 5.69 Å². The maximum absolute atomic E-state index is 5.85. The molecule has 2 N–H and O–H groups in total. The van der Waals surface area contributed by atoms with Crippen molar-refractivity contribution in [3.8, 4) is 11.4 Å². The molecule has 1 aliphatic carbocycles. The number of tetrazole rings is 1. The summed E-state index contributed by atoms with van der Waals surface area (Å²) in [6.45, 7) is 3.18. The van der Waals surface area contributed by atoms with E-state index in [9.17, 15) is 0 Å². The fourth-order valence-corrected chi connectivity index (χ4v) is 3.26. The van der Waals surface area contributed by atoms with Gasteiger partial charge in [-0.25, -0.2) is 4.68 Å². The molecule has 0 amide bonds. The predicted molar refractivity (Wildman–Crippen MR) is 78.9 cm³/mol. The summed E-state index contributed by atoms with van der Waals surface area (Å²) >= 11 is 0. The SMILES string of the molecule is CCC1(Cn2nnnc2-c2cccc(N)c2)CCCC1. The number of nitrogens with two attached hydrogens (primary N) is 1. The van der Waals surface area contributed by atoms with Gasteiger partial charge in [0.05, 0.1) is 6.54 Å². The minimum absolute atomic E-state index is 0.366. The average Bonchev–Trinajstić information content (AvgIpc) is 3.09. The van der Waals surface area contributed by atoms with Gasteiger partial charge in [0.15, 0.2) is 5.82 Å². The van der Waals surface area contributed by atoms with Gasteiger partial charge in [-0.05, 0) is 47.2 Å². The molecule has 5 heteroatoms. The smallest absolute Gasteiger partial charge is 0.182 e. The molecule has 2 aromatic rings. The lowest BCUT2D eigenvalue weighted by atomic mass is 9.83. The third kappa shape index (κ3) is 2.40. The Bertz CT molecular complexity index is 583. The van der Waals surface area contributed by atoms with Crippen LogP contribution in [0.3, 0.4) is 0 Å². The molecular weight excluding hydrogens is 250 g/mol. The summed E-state index contributed by atoms with van der Waals surface area (Å²) in [6.07, 6.45) is 6.38. The molecule has 0 spiro atoms. The van der Waals surface area contributed by atoms with Gasteiger partial charge in [0.2, 0.25) is 0 Å². The maximum Gasteiger partial charge on any atom is 0.182 e. The Morgan fingerprint density at radius 3 is 2.80 bits per heavy atom. The van der Waals surface area contributed by atoms with Crippen LogP contribution in [-0.4, -0.2) is 20.2 Å². The van der Waals surface area contributed by atoms with Crippen LogP contribution in [0.25, 0.3) is 11.4 Å². The fourth-order valence-electron chi connectivity index (χ4n) is 3.26. The van der Waals surface area contributed by atoms with E-state index in [0.29, 0.717) is 5.41 Å². The van der Waals surface area contributed by atoms with Crippen molar-refractivity contribution >= 4 is 5.69 Å². The Hall–Kier alpha value is -1.91. The fraction of sp³-hybridized carbons (Fsp3) is 0.533. The van der Waals surface area contributed by atoms with E-state index in [1.165, 1.54) is 32.1 Å². The standard InChI is InChI=1S/C15H21N5/c1-2-15(8-3-4-9-15)11-20-14(17-18-19-20)12-6-5-7-13(16)10-12/h5-7,10H,2-4,8-9,11,16H2,1H3. The lowest BCUT2D eigenvalue weighted by Crippen LogP contribution is -2.24. The van der Waals surface area contributed by atoms with Gasteiger partial charge in [0, 0.05) is 11.3 Å². The lowest BCUT2D eigenvalue weighted by Gasteiger charge is -2.27. The monoisotopic (exact) mass is 271 g/mol. The van der Waals surface area contributed by atoms with E-state index in [1.807, 2.05) is 28.9 Å². The molecule has 20 heavy (non-hydrogen) atoms. The van der Waals surface area contributed by atoms with Gasteiger partial charge < -0.3 is 5.73 Å². The van der Waals surface area contributed by atoms with Gasteiger partial charge in [-0.15, -0.1) is 5.10 Å². The first kappa shape index (κ1) is 13.1. The number of hydrogen-bond donors (Lipinski definition) is 1. The quantitative estimate of drug-likeness (QED) is 0.868. The second-order valence-corrected chi connectivity index (χ2v) is 5.85. The first-order valence-electron chi connectivity index (χ1n) is 7.34. The average molecular weight is 271 g/mol. The second kappa shape index (κ2) is 5.23. The van der Waals surface area contributed by atoms with Crippen LogP contribution in [0.5, 0.6) is 0 Å². The number of benzene rings is 1. The Kier molecular flexibility index (Phi) is 3.42. The van der Waals surface area contributed by atoms with Crippen molar-refractivity contribution in [1.29, 1.82) is 0 Å². The Balaban J connectivity index is 1.90. The lowest BCUT2D eigenvalue weighted by molar-refractivity contribution is 0.226. The molecule has 1 aromatic heterocycles. The Morgan fingerprint density at radius 1 is 1.30 bits per heavy atom. The highest BCUT2D eigenvalue weighted by atomic mass is 15.5. The van der Waals surface area contributed by atoms with E-state index in [0.717, 1.165) is 23.6 Å². The summed E-state index contributed by atoms with van der Waals surface area (Å²) < 4.78 is 1.95. The highest BCUT2D eigenvalue weighted by molar-refractivity contribution is 5.60.